The van der Waals surface area contributed by atoms with Crippen molar-refractivity contribution in [3.8, 4) is 0 Å². The van der Waals surface area contributed by atoms with Crippen molar-refractivity contribution < 1.29 is 14.7 Å². The molecule has 0 aromatic carbocycles. The van der Waals surface area contributed by atoms with Gasteiger partial charge in [0.05, 0.1) is 12.0 Å². The van der Waals surface area contributed by atoms with Crippen molar-refractivity contribution in [2.75, 3.05) is 0 Å². The van der Waals surface area contributed by atoms with Crippen molar-refractivity contribution in [2.24, 2.45) is 5.92 Å². The van der Waals surface area contributed by atoms with Crippen molar-refractivity contribution in [1.29, 1.82) is 0 Å². The third-order valence-corrected chi connectivity index (χ3v) is 4.30. The summed E-state index contributed by atoms with van der Waals surface area (Å²) in [6.45, 7) is 7.17. The molecule has 0 saturated heterocycles. The van der Waals surface area contributed by atoms with E-state index in [1.54, 1.807) is 25.3 Å². The third kappa shape index (κ3) is 3.45. The van der Waals surface area contributed by atoms with Crippen LogP contribution < -0.4 is 10.9 Å². The Hall–Kier alpha value is -2.70. The fourth-order valence-corrected chi connectivity index (χ4v) is 2.37. The molecule has 0 aliphatic rings. The molecule has 2 aromatic heterocycles. The highest BCUT2D eigenvalue weighted by atomic mass is 16.4. The molecule has 1 amide bonds. The van der Waals surface area contributed by atoms with Crippen LogP contribution in [-0.4, -0.2) is 31.9 Å². The Morgan fingerprint density at radius 1 is 1.42 bits per heavy atom. The summed E-state index contributed by atoms with van der Waals surface area (Å²) in [6, 6.07) is 3.49. The number of hydrogen-bond acceptors (Lipinski definition) is 4. The maximum absolute atomic E-state index is 12.5. The van der Waals surface area contributed by atoms with E-state index in [0.717, 1.165) is 5.56 Å². The standard InChI is InChI=1S/C17H21N3O4/c1-10(2)17(4,8-14(21)22)19-15(23)12-9-18-13-7-11(3)5-6-20(13)16(12)24/h5-7,9-10H,8H2,1-4H3,(H,19,23)(H,21,22). The number of fused-ring (bicyclic) bond motifs is 1. The number of nitrogens with one attached hydrogen (secondary N) is 1. The quantitative estimate of drug-likeness (QED) is 0.867. The number of aliphatic carboxylic acids is 1. The van der Waals surface area contributed by atoms with E-state index >= 15 is 0 Å². The highest BCUT2D eigenvalue weighted by Gasteiger charge is 2.33. The minimum Gasteiger partial charge on any atom is -0.481 e. The monoisotopic (exact) mass is 331 g/mol. The molecule has 0 bridgehead atoms. The fraction of sp³-hybridized carbons (Fsp3) is 0.412. The Kier molecular flexibility index (Phi) is 4.73. The van der Waals surface area contributed by atoms with Gasteiger partial charge in [-0.1, -0.05) is 13.8 Å². The van der Waals surface area contributed by atoms with Gasteiger partial charge < -0.3 is 10.4 Å². The van der Waals surface area contributed by atoms with E-state index in [2.05, 4.69) is 10.3 Å². The zero-order chi connectivity index (χ0) is 18.1. The SMILES string of the molecule is Cc1ccn2c(=O)c(C(=O)NC(C)(CC(=O)O)C(C)C)cnc2c1. The molecule has 0 radical (unpaired) electrons. The van der Waals surface area contributed by atoms with Gasteiger partial charge in [0, 0.05) is 12.4 Å². The van der Waals surface area contributed by atoms with Crippen LogP contribution >= 0.6 is 0 Å². The normalized spacial score (nSPS) is 13.7. The van der Waals surface area contributed by atoms with Crippen molar-refractivity contribution in [2.45, 2.75) is 39.7 Å². The van der Waals surface area contributed by atoms with Gasteiger partial charge in [-0.25, -0.2) is 4.98 Å². The smallest absolute Gasteiger partial charge is 0.305 e. The Morgan fingerprint density at radius 3 is 2.67 bits per heavy atom. The maximum atomic E-state index is 12.5. The van der Waals surface area contributed by atoms with Gasteiger partial charge >= 0.3 is 5.97 Å². The summed E-state index contributed by atoms with van der Waals surface area (Å²) in [6.07, 6.45) is 2.56. The number of pyridine rings is 1. The molecule has 2 rings (SSSR count). The van der Waals surface area contributed by atoms with E-state index in [9.17, 15) is 14.4 Å². The number of carboxylic acids is 1. The van der Waals surface area contributed by atoms with E-state index in [1.165, 1.54) is 10.6 Å². The lowest BCUT2D eigenvalue weighted by atomic mass is 9.85. The largest absolute Gasteiger partial charge is 0.481 e. The highest BCUT2D eigenvalue weighted by molar-refractivity contribution is 5.94. The zero-order valence-electron chi connectivity index (χ0n) is 14.2. The molecule has 7 nitrogen and oxygen atoms in total. The first-order valence-corrected chi connectivity index (χ1v) is 7.66. The lowest BCUT2D eigenvalue weighted by Crippen LogP contribution is -2.52. The van der Waals surface area contributed by atoms with Crippen LogP contribution in [0.3, 0.4) is 0 Å². The van der Waals surface area contributed by atoms with Gasteiger partial charge in [-0.2, -0.15) is 0 Å². The molecule has 0 saturated carbocycles. The van der Waals surface area contributed by atoms with E-state index in [4.69, 9.17) is 5.11 Å². The second-order valence-corrected chi connectivity index (χ2v) is 6.51. The molecule has 1 unspecified atom stereocenters. The summed E-state index contributed by atoms with van der Waals surface area (Å²) in [7, 11) is 0. The van der Waals surface area contributed by atoms with Gasteiger partial charge in [0.25, 0.3) is 11.5 Å². The highest BCUT2D eigenvalue weighted by Crippen LogP contribution is 2.21. The summed E-state index contributed by atoms with van der Waals surface area (Å²) in [4.78, 5) is 40.3. The maximum Gasteiger partial charge on any atom is 0.305 e. The van der Waals surface area contributed by atoms with Crippen LogP contribution in [0.25, 0.3) is 5.65 Å². The van der Waals surface area contributed by atoms with Gasteiger partial charge in [0.2, 0.25) is 0 Å². The van der Waals surface area contributed by atoms with Crippen LogP contribution in [0.4, 0.5) is 0 Å². The number of hydrogen-bond donors (Lipinski definition) is 2. The number of rotatable bonds is 5. The summed E-state index contributed by atoms with van der Waals surface area (Å²) in [5.41, 5.74) is -0.170. The molecule has 2 N–H and O–H groups in total. The van der Waals surface area contributed by atoms with Crippen LogP contribution in [0.15, 0.2) is 29.3 Å². The van der Waals surface area contributed by atoms with Gasteiger partial charge in [-0.05, 0) is 37.5 Å². The van der Waals surface area contributed by atoms with Crippen molar-refractivity contribution in [1.82, 2.24) is 14.7 Å². The van der Waals surface area contributed by atoms with Crippen LogP contribution in [-0.2, 0) is 4.79 Å². The van der Waals surface area contributed by atoms with Gasteiger partial charge in [-0.15, -0.1) is 0 Å². The summed E-state index contributed by atoms with van der Waals surface area (Å²) in [5, 5.41) is 11.8. The number of carboxylic acid groups (broad SMARTS) is 1. The summed E-state index contributed by atoms with van der Waals surface area (Å²) < 4.78 is 1.30. The summed E-state index contributed by atoms with van der Waals surface area (Å²) in [5.74, 6) is -1.77. The van der Waals surface area contributed by atoms with E-state index in [-0.39, 0.29) is 17.9 Å². The molecule has 24 heavy (non-hydrogen) atoms. The number of nitrogens with zero attached hydrogens (tertiary/aromatic N) is 2. The zero-order valence-corrected chi connectivity index (χ0v) is 14.2. The Balaban J connectivity index is 2.41. The Morgan fingerprint density at radius 2 is 2.08 bits per heavy atom. The van der Waals surface area contributed by atoms with Crippen LogP contribution in [0.1, 0.15) is 43.1 Å². The molecule has 2 aromatic rings. The molecule has 128 valence electrons. The molecule has 1 atom stereocenters. The second kappa shape index (κ2) is 6.43. The number of carbonyl (C=O) groups is 2. The molecular formula is C17H21N3O4. The number of amides is 1. The van der Waals surface area contributed by atoms with Gasteiger partial charge in [-0.3, -0.25) is 18.8 Å². The lowest BCUT2D eigenvalue weighted by Gasteiger charge is -2.33. The van der Waals surface area contributed by atoms with Crippen LogP contribution in [0, 0.1) is 12.8 Å². The minimum absolute atomic E-state index is 0.117. The molecule has 0 spiro atoms. The fourth-order valence-electron chi connectivity index (χ4n) is 2.37. The molecule has 0 aliphatic heterocycles. The second-order valence-electron chi connectivity index (χ2n) is 6.51. The first-order valence-electron chi connectivity index (χ1n) is 7.66. The van der Waals surface area contributed by atoms with E-state index < -0.39 is 23.0 Å². The molecule has 7 heteroatoms. The molecule has 0 aliphatic carbocycles. The number of carbonyl (C=O) groups excluding carboxylic acids is 1. The molecule has 2 heterocycles. The van der Waals surface area contributed by atoms with Crippen LogP contribution in [0.2, 0.25) is 0 Å². The summed E-state index contributed by atoms with van der Waals surface area (Å²) >= 11 is 0. The Bertz CT molecular complexity index is 857. The Labute approximate surface area is 139 Å². The first-order chi connectivity index (χ1) is 11.1. The topological polar surface area (TPSA) is 101 Å². The number of aryl methyl sites for hydroxylation is 1. The first kappa shape index (κ1) is 17.7. The average Bonchev–Trinajstić information content (AvgIpc) is 2.46. The third-order valence-electron chi connectivity index (χ3n) is 4.30. The van der Waals surface area contributed by atoms with Crippen molar-refractivity contribution >= 4 is 17.5 Å². The predicted molar refractivity (Wildman–Crippen MR) is 89.2 cm³/mol. The predicted octanol–water partition coefficient (Wildman–Crippen LogP) is 1.62. The lowest BCUT2D eigenvalue weighted by molar-refractivity contribution is -0.138. The average molecular weight is 331 g/mol. The van der Waals surface area contributed by atoms with Gasteiger partial charge in [0.1, 0.15) is 11.2 Å². The van der Waals surface area contributed by atoms with Gasteiger partial charge in [0.15, 0.2) is 0 Å². The van der Waals surface area contributed by atoms with E-state index in [0.29, 0.717) is 5.65 Å². The molecule has 0 fully saturated rings. The minimum atomic E-state index is -1.02. The van der Waals surface area contributed by atoms with E-state index in [1.807, 2.05) is 20.8 Å². The van der Waals surface area contributed by atoms with Crippen molar-refractivity contribution in [3.63, 3.8) is 0 Å². The van der Waals surface area contributed by atoms with Crippen LogP contribution in [0.5, 0.6) is 0 Å². The number of aromatic nitrogens is 2. The molecular weight excluding hydrogens is 310 g/mol. The van der Waals surface area contributed by atoms with Crippen molar-refractivity contribution in [3.05, 3.63) is 46.0 Å².